The van der Waals surface area contributed by atoms with Crippen LogP contribution in [0.5, 0.6) is 0 Å². The first-order chi connectivity index (χ1) is 15.6. The van der Waals surface area contributed by atoms with Crippen LogP contribution < -0.4 is 4.90 Å². The van der Waals surface area contributed by atoms with Gasteiger partial charge in [0.15, 0.2) is 5.13 Å². The second-order valence-electron chi connectivity index (χ2n) is 7.82. The molecule has 0 saturated carbocycles. The van der Waals surface area contributed by atoms with Gasteiger partial charge in [0.1, 0.15) is 5.82 Å². The number of carbonyl (C=O) groups is 1. The van der Waals surface area contributed by atoms with E-state index in [4.69, 9.17) is 9.72 Å². The lowest BCUT2D eigenvalue weighted by Crippen LogP contribution is -2.39. The fourth-order valence-corrected chi connectivity index (χ4v) is 5.64. The minimum atomic E-state index is -0.247. The lowest BCUT2D eigenvalue weighted by Gasteiger charge is -2.27. The highest BCUT2D eigenvalue weighted by Gasteiger charge is 2.21. The molecule has 32 heavy (non-hydrogen) atoms. The van der Waals surface area contributed by atoms with Gasteiger partial charge in [0.25, 0.3) is 0 Å². The molecule has 0 atom stereocenters. The Kier molecular flexibility index (Phi) is 8.13. The molecule has 4 rings (SSSR count). The Morgan fingerprint density at radius 1 is 1.22 bits per heavy atom. The third kappa shape index (κ3) is 6.07. The van der Waals surface area contributed by atoms with Crippen LogP contribution in [0.25, 0.3) is 10.2 Å². The van der Waals surface area contributed by atoms with Gasteiger partial charge in [-0.3, -0.25) is 14.6 Å². The van der Waals surface area contributed by atoms with Crippen LogP contribution in [0.2, 0.25) is 0 Å². The number of aromatic nitrogens is 1. The maximum atomic E-state index is 13.2. The van der Waals surface area contributed by atoms with Crippen molar-refractivity contribution in [2.75, 3.05) is 50.0 Å². The highest BCUT2D eigenvalue weighted by Crippen LogP contribution is 2.31. The lowest BCUT2D eigenvalue weighted by molar-refractivity contribution is -0.118. The van der Waals surface area contributed by atoms with E-state index in [1.54, 1.807) is 35.2 Å². The Labute approximate surface area is 196 Å². The van der Waals surface area contributed by atoms with Crippen LogP contribution in [0.15, 0.2) is 47.4 Å². The van der Waals surface area contributed by atoms with Crippen LogP contribution in [0, 0.1) is 12.7 Å². The zero-order valence-corrected chi connectivity index (χ0v) is 19.9. The molecule has 2 aromatic carbocycles. The average molecular weight is 474 g/mol. The van der Waals surface area contributed by atoms with Crippen molar-refractivity contribution in [3.05, 3.63) is 53.8 Å². The quantitative estimate of drug-likeness (QED) is 0.410. The first-order valence-electron chi connectivity index (χ1n) is 10.9. The summed E-state index contributed by atoms with van der Waals surface area (Å²) in [5.41, 5.74) is 2.09. The van der Waals surface area contributed by atoms with Gasteiger partial charge in [0.05, 0.1) is 23.4 Å². The van der Waals surface area contributed by atoms with Gasteiger partial charge < -0.3 is 4.74 Å². The minimum absolute atomic E-state index is 0.0818. The van der Waals surface area contributed by atoms with E-state index in [1.807, 2.05) is 11.0 Å². The number of hydrogen-bond acceptors (Lipinski definition) is 6. The Morgan fingerprint density at radius 3 is 2.75 bits per heavy atom. The van der Waals surface area contributed by atoms with Gasteiger partial charge in [-0.05, 0) is 49.2 Å². The average Bonchev–Trinajstić information content (AvgIpc) is 3.24. The van der Waals surface area contributed by atoms with Crippen molar-refractivity contribution in [2.24, 2.45) is 0 Å². The van der Waals surface area contributed by atoms with E-state index in [-0.39, 0.29) is 11.7 Å². The zero-order chi connectivity index (χ0) is 22.3. The number of ether oxygens (including phenoxy) is 1. The van der Waals surface area contributed by atoms with Crippen LogP contribution in [0.1, 0.15) is 18.4 Å². The molecule has 1 fully saturated rings. The summed E-state index contributed by atoms with van der Waals surface area (Å²) >= 11 is 3.15. The SMILES string of the molecule is Cc1cccc2sc(N(CCCN3CCOCC3)C(=O)CCSc3ccc(F)cc3)nc12. The molecule has 1 saturated heterocycles. The van der Waals surface area contributed by atoms with Gasteiger partial charge >= 0.3 is 0 Å². The van der Waals surface area contributed by atoms with Crippen molar-refractivity contribution in [3.63, 3.8) is 0 Å². The molecular weight excluding hydrogens is 445 g/mol. The molecule has 0 unspecified atom stereocenters. The number of aryl methyl sites for hydroxylation is 1. The van der Waals surface area contributed by atoms with E-state index >= 15 is 0 Å². The molecule has 0 aliphatic carbocycles. The second kappa shape index (κ2) is 11.2. The van der Waals surface area contributed by atoms with Crippen LogP contribution in [-0.2, 0) is 9.53 Å². The van der Waals surface area contributed by atoms with E-state index in [1.165, 1.54) is 12.1 Å². The van der Waals surface area contributed by atoms with Gasteiger partial charge in [-0.1, -0.05) is 23.5 Å². The third-order valence-electron chi connectivity index (χ3n) is 5.50. The Morgan fingerprint density at radius 2 is 2.00 bits per heavy atom. The number of benzene rings is 2. The van der Waals surface area contributed by atoms with Gasteiger partial charge in [-0.15, -0.1) is 11.8 Å². The molecule has 0 radical (unpaired) electrons. The predicted molar refractivity (Wildman–Crippen MR) is 130 cm³/mol. The number of halogens is 1. The van der Waals surface area contributed by atoms with E-state index in [9.17, 15) is 9.18 Å². The third-order valence-corrected chi connectivity index (χ3v) is 7.56. The summed E-state index contributed by atoms with van der Waals surface area (Å²) in [6.07, 6.45) is 1.31. The summed E-state index contributed by atoms with van der Waals surface area (Å²) in [7, 11) is 0. The monoisotopic (exact) mass is 473 g/mol. The number of rotatable bonds is 9. The number of nitrogens with zero attached hydrogens (tertiary/aromatic N) is 3. The topological polar surface area (TPSA) is 45.7 Å². The lowest BCUT2D eigenvalue weighted by atomic mass is 10.2. The number of thioether (sulfide) groups is 1. The van der Waals surface area contributed by atoms with Crippen molar-refractivity contribution in [2.45, 2.75) is 24.7 Å². The van der Waals surface area contributed by atoms with Crippen molar-refractivity contribution >= 4 is 44.4 Å². The summed E-state index contributed by atoms with van der Waals surface area (Å²) in [5.74, 6) is 0.482. The Bertz CT molecular complexity index is 1040. The predicted octanol–water partition coefficient (Wildman–Crippen LogP) is 4.98. The summed E-state index contributed by atoms with van der Waals surface area (Å²) in [5, 5.41) is 0.771. The Hall–Kier alpha value is -2.00. The maximum absolute atomic E-state index is 13.2. The molecule has 1 amide bonds. The molecule has 3 aromatic rings. The zero-order valence-electron chi connectivity index (χ0n) is 18.3. The van der Waals surface area contributed by atoms with Gasteiger partial charge in [0.2, 0.25) is 5.91 Å². The standard InChI is InChI=1S/C24H28FN3O2S2/c1-18-4-2-5-21-23(18)26-24(32-21)28(12-3-11-27-13-15-30-16-14-27)22(29)10-17-31-20-8-6-19(25)7-9-20/h2,4-9H,3,10-17H2,1H3. The maximum Gasteiger partial charge on any atom is 0.229 e. The second-order valence-corrected chi connectivity index (χ2v) is 10.0. The molecule has 0 bridgehead atoms. The number of hydrogen-bond donors (Lipinski definition) is 0. The molecule has 1 aliphatic heterocycles. The molecule has 8 heteroatoms. The molecule has 0 spiro atoms. The highest BCUT2D eigenvalue weighted by molar-refractivity contribution is 7.99. The van der Waals surface area contributed by atoms with Crippen LogP contribution in [-0.4, -0.2) is 60.9 Å². The molecule has 5 nitrogen and oxygen atoms in total. The number of thiazole rings is 1. The number of amides is 1. The van der Waals surface area contributed by atoms with Crippen LogP contribution >= 0.6 is 23.1 Å². The van der Waals surface area contributed by atoms with Gasteiger partial charge in [-0.2, -0.15) is 0 Å². The first-order valence-corrected chi connectivity index (χ1v) is 12.8. The number of morpholine rings is 1. The normalized spacial score (nSPS) is 14.7. The fourth-order valence-electron chi connectivity index (χ4n) is 3.72. The molecule has 0 N–H and O–H groups in total. The highest BCUT2D eigenvalue weighted by atomic mass is 32.2. The molecule has 170 valence electrons. The fraction of sp³-hybridized carbons (Fsp3) is 0.417. The summed E-state index contributed by atoms with van der Waals surface area (Å²) < 4.78 is 19.6. The summed E-state index contributed by atoms with van der Waals surface area (Å²) in [4.78, 5) is 23.2. The van der Waals surface area contributed by atoms with E-state index < -0.39 is 0 Å². The molecule has 2 heterocycles. The van der Waals surface area contributed by atoms with Crippen molar-refractivity contribution in [1.29, 1.82) is 0 Å². The van der Waals surface area contributed by atoms with Crippen molar-refractivity contribution in [1.82, 2.24) is 9.88 Å². The number of anilines is 1. The van der Waals surface area contributed by atoms with Gasteiger partial charge in [0, 0.05) is 43.2 Å². The van der Waals surface area contributed by atoms with Crippen LogP contribution in [0.4, 0.5) is 9.52 Å². The summed E-state index contributed by atoms with van der Waals surface area (Å²) in [6, 6.07) is 12.5. The molecule has 1 aliphatic rings. The number of carbonyl (C=O) groups excluding carboxylic acids is 1. The minimum Gasteiger partial charge on any atom is -0.379 e. The Balaban J connectivity index is 1.42. The number of fused-ring (bicyclic) bond motifs is 1. The van der Waals surface area contributed by atoms with Gasteiger partial charge in [-0.25, -0.2) is 9.37 Å². The van der Waals surface area contributed by atoms with E-state index in [2.05, 4.69) is 24.0 Å². The van der Waals surface area contributed by atoms with Crippen molar-refractivity contribution < 1.29 is 13.9 Å². The van der Waals surface area contributed by atoms with E-state index in [0.29, 0.717) is 18.7 Å². The smallest absolute Gasteiger partial charge is 0.229 e. The van der Waals surface area contributed by atoms with E-state index in [0.717, 1.165) is 65.1 Å². The summed E-state index contributed by atoms with van der Waals surface area (Å²) in [6.45, 7) is 7.10. The first kappa shape index (κ1) is 23.2. The number of para-hydroxylation sites is 1. The molecule has 1 aromatic heterocycles. The largest absolute Gasteiger partial charge is 0.379 e. The molecular formula is C24H28FN3O2S2. The van der Waals surface area contributed by atoms with Crippen LogP contribution in [0.3, 0.4) is 0 Å². The van der Waals surface area contributed by atoms with Crippen molar-refractivity contribution in [3.8, 4) is 0 Å².